The molecule has 8 heteroatoms. The van der Waals surface area contributed by atoms with Crippen LogP contribution in [-0.2, 0) is 20.7 Å². The molecule has 162 valence electrons. The maximum Gasteiger partial charge on any atom is 0.345 e. The molecule has 0 saturated heterocycles. The first-order chi connectivity index (χ1) is 14.9. The van der Waals surface area contributed by atoms with Gasteiger partial charge in [-0.2, -0.15) is 5.26 Å². The minimum Gasteiger partial charge on any atom is -0.469 e. The van der Waals surface area contributed by atoms with Crippen LogP contribution in [0, 0.1) is 17.2 Å². The number of benzene rings is 2. The fraction of sp³-hybridized carbons (Fsp3) is 0.304. The molecule has 0 aromatic heterocycles. The molecule has 0 saturated carbocycles. The van der Waals surface area contributed by atoms with E-state index in [1.54, 1.807) is 36.4 Å². The Kier molecular flexibility index (Phi) is 8.58. The summed E-state index contributed by atoms with van der Waals surface area (Å²) < 4.78 is 4.87. The highest BCUT2D eigenvalue weighted by molar-refractivity contribution is 6.03. The highest BCUT2D eigenvalue weighted by atomic mass is 16.5. The van der Waals surface area contributed by atoms with Gasteiger partial charge < -0.3 is 10.1 Å². The third-order valence-electron chi connectivity index (χ3n) is 4.59. The number of urea groups is 1. The number of nitriles is 1. The first kappa shape index (κ1) is 23.4. The van der Waals surface area contributed by atoms with E-state index in [0.29, 0.717) is 23.4 Å². The topological polar surface area (TPSA) is 112 Å². The van der Waals surface area contributed by atoms with Crippen molar-refractivity contribution in [2.45, 2.75) is 33.1 Å². The molecule has 0 spiro atoms. The van der Waals surface area contributed by atoms with Crippen LogP contribution in [0.25, 0.3) is 0 Å². The minimum atomic E-state index is -0.564. The van der Waals surface area contributed by atoms with Gasteiger partial charge in [-0.3, -0.25) is 15.0 Å². The van der Waals surface area contributed by atoms with Crippen LogP contribution >= 0.6 is 0 Å². The van der Waals surface area contributed by atoms with Crippen LogP contribution in [0.15, 0.2) is 48.5 Å². The second-order valence-corrected chi connectivity index (χ2v) is 7.00. The second kappa shape index (κ2) is 11.4. The van der Waals surface area contributed by atoms with Gasteiger partial charge in [0, 0.05) is 12.6 Å². The number of nitrogens with one attached hydrogen (secondary N) is 2. The van der Waals surface area contributed by atoms with Gasteiger partial charge >= 0.3 is 12.0 Å². The average molecular weight is 422 g/mol. The number of ether oxygens (including phenoxy) is 1. The van der Waals surface area contributed by atoms with Crippen molar-refractivity contribution in [3.05, 3.63) is 59.7 Å². The van der Waals surface area contributed by atoms with E-state index < -0.39 is 11.9 Å². The van der Waals surface area contributed by atoms with Gasteiger partial charge in [0.1, 0.15) is 0 Å². The van der Waals surface area contributed by atoms with Crippen molar-refractivity contribution in [3.63, 3.8) is 0 Å². The molecule has 1 atom stereocenters. The standard InChI is InChI=1S/C23H26N4O4/c1-4-5-19(22(29)31-3)14-17-6-10-20(11-7-17)25-23(30)27(26-16(2)28)21-12-8-18(15-24)9-13-21/h6-13,19H,4-5,14H2,1-3H3,(H,25,30)(H,26,28). The number of anilines is 2. The molecule has 2 aromatic rings. The molecule has 0 aliphatic rings. The van der Waals surface area contributed by atoms with E-state index >= 15 is 0 Å². The van der Waals surface area contributed by atoms with E-state index in [1.807, 2.05) is 25.1 Å². The summed E-state index contributed by atoms with van der Waals surface area (Å²) in [6, 6.07) is 14.8. The van der Waals surface area contributed by atoms with Crippen LogP contribution < -0.4 is 15.8 Å². The molecule has 8 nitrogen and oxygen atoms in total. The Morgan fingerprint density at radius 1 is 1.10 bits per heavy atom. The summed E-state index contributed by atoms with van der Waals surface area (Å²) in [5.74, 6) is -0.852. The molecule has 0 radical (unpaired) electrons. The molecule has 2 rings (SSSR count). The lowest BCUT2D eigenvalue weighted by molar-refractivity contribution is -0.145. The van der Waals surface area contributed by atoms with E-state index in [0.717, 1.165) is 23.4 Å². The summed E-state index contributed by atoms with van der Waals surface area (Å²) >= 11 is 0. The lowest BCUT2D eigenvalue weighted by Crippen LogP contribution is -2.47. The molecular weight excluding hydrogens is 396 g/mol. The summed E-state index contributed by atoms with van der Waals surface area (Å²) in [5.41, 5.74) is 4.80. The Bertz CT molecular complexity index is 949. The maximum absolute atomic E-state index is 12.8. The van der Waals surface area contributed by atoms with E-state index in [4.69, 9.17) is 10.00 Å². The fourth-order valence-corrected chi connectivity index (χ4v) is 3.08. The molecule has 2 aromatic carbocycles. The highest BCUT2D eigenvalue weighted by Gasteiger charge is 2.20. The fourth-order valence-electron chi connectivity index (χ4n) is 3.08. The molecule has 0 aliphatic carbocycles. The zero-order valence-corrected chi connectivity index (χ0v) is 17.8. The Hall–Kier alpha value is -3.86. The number of amides is 3. The quantitative estimate of drug-likeness (QED) is 0.521. The van der Waals surface area contributed by atoms with Crippen LogP contribution in [0.4, 0.5) is 16.2 Å². The minimum absolute atomic E-state index is 0.206. The van der Waals surface area contributed by atoms with Crippen LogP contribution in [-0.4, -0.2) is 25.0 Å². The Labute approximate surface area is 181 Å². The number of methoxy groups -OCH3 is 1. The molecule has 0 heterocycles. The number of carbonyl (C=O) groups excluding carboxylic acids is 3. The Morgan fingerprint density at radius 3 is 2.26 bits per heavy atom. The highest BCUT2D eigenvalue weighted by Crippen LogP contribution is 2.19. The first-order valence-corrected chi connectivity index (χ1v) is 9.93. The van der Waals surface area contributed by atoms with Crippen molar-refractivity contribution in [2.24, 2.45) is 5.92 Å². The third kappa shape index (κ3) is 6.85. The molecule has 3 amide bonds. The number of rotatable bonds is 7. The first-order valence-electron chi connectivity index (χ1n) is 9.93. The maximum atomic E-state index is 12.8. The number of carbonyl (C=O) groups is 3. The van der Waals surface area contributed by atoms with Gasteiger partial charge in [0.05, 0.1) is 30.3 Å². The Balaban J connectivity index is 2.11. The summed E-state index contributed by atoms with van der Waals surface area (Å²) in [4.78, 5) is 36.2. The number of esters is 1. The van der Waals surface area contributed by atoms with Gasteiger partial charge in [-0.25, -0.2) is 9.80 Å². The molecule has 31 heavy (non-hydrogen) atoms. The number of nitrogens with zero attached hydrogens (tertiary/aromatic N) is 2. The van der Waals surface area contributed by atoms with E-state index in [-0.39, 0.29) is 11.9 Å². The summed E-state index contributed by atoms with van der Waals surface area (Å²) in [5, 5.41) is 12.7. The van der Waals surface area contributed by atoms with E-state index in [2.05, 4.69) is 10.7 Å². The van der Waals surface area contributed by atoms with Gasteiger partial charge in [-0.15, -0.1) is 0 Å². The molecule has 0 aliphatic heterocycles. The lowest BCUT2D eigenvalue weighted by Gasteiger charge is -2.23. The van der Waals surface area contributed by atoms with Crippen molar-refractivity contribution >= 4 is 29.3 Å². The second-order valence-electron chi connectivity index (χ2n) is 7.00. The van der Waals surface area contributed by atoms with E-state index in [1.165, 1.54) is 14.0 Å². The summed E-state index contributed by atoms with van der Waals surface area (Å²) in [6.45, 7) is 3.32. The zero-order valence-electron chi connectivity index (χ0n) is 17.8. The smallest absolute Gasteiger partial charge is 0.345 e. The van der Waals surface area contributed by atoms with Crippen molar-refractivity contribution < 1.29 is 19.1 Å². The monoisotopic (exact) mass is 422 g/mol. The van der Waals surface area contributed by atoms with Crippen LogP contribution in [0.3, 0.4) is 0 Å². The molecule has 2 N–H and O–H groups in total. The number of hydrogen-bond acceptors (Lipinski definition) is 5. The third-order valence-corrected chi connectivity index (χ3v) is 4.59. The van der Waals surface area contributed by atoms with Crippen LogP contribution in [0.2, 0.25) is 0 Å². The van der Waals surface area contributed by atoms with E-state index in [9.17, 15) is 14.4 Å². The van der Waals surface area contributed by atoms with Gasteiger partial charge in [0.15, 0.2) is 0 Å². The molecule has 0 fully saturated rings. The predicted octanol–water partition coefficient (Wildman–Crippen LogP) is 3.78. The molecular formula is C23H26N4O4. The van der Waals surface area contributed by atoms with Gasteiger partial charge in [-0.1, -0.05) is 25.5 Å². The van der Waals surface area contributed by atoms with Crippen LogP contribution in [0.5, 0.6) is 0 Å². The normalized spacial score (nSPS) is 11.0. The molecule has 0 bridgehead atoms. The summed E-state index contributed by atoms with van der Waals surface area (Å²) in [7, 11) is 1.39. The lowest BCUT2D eigenvalue weighted by atomic mass is 9.95. The molecule has 1 unspecified atom stereocenters. The van der Waals surface area contributed by atoms with Crippen LogP contribution in [0.1, 0.15) is 37.8 Å². The van der Waals surface area contributed by atoms with Crippen molar-refractivity contribution in [1.82, 2.24) is 5.43 Å². The zero-order chi connectivity index (χ0) is 22.8. The Morgan fingerprint density at radius 2 is 1.74 bits per heavy atom. The average Bonchev–Trinajstić information content (AvgIpc) is 2.77. The summed E-state index contributed by atoms with van der Waals surface area (Å²) in [6.07, 6.45) is 2.17. The van der Waals surface area contributed by atoms with Gasteiger partial charge in [-0.05, 0) is 54.8 Å². The van der Waals surface area contributed by atoms with Crippen molar-refractivity contribution in [2.75, 3.05) is 17.4 Å². The number of hydrogen-bond donors (Lipinski definition) is 2. The largest absolute Gasteiger partial charge is 0.469 e. The van der Waals surface area contributed by atoms with Crippen molar-refractivity contribution in [3.8, 4) is 6.07 Å². The van der Waals surface area contributed by atoms with Gasteiger partial charge in [0.25, 0.3) is 0 Å². The predicted molar refractivity (Wildman–Crippen MR) is 117 cm³/mol. The number of hydrazine groups is 1. The van der Waals surface area contributed by atoms with Gasteiger partial charge in [0.2, 0.25) is 5.91 Å². The van der Waals surface area contributed by atoms with Crippen molar-refractivity contribution in [1.29, 1.82) is 5.26 Å². The SMILES string of the molecule is CCCC(Cc1ccc(NC(=O)N(NC(C)=O)c2ccc(C#N)cc2)cc1)C(=O)OC.